The quantitative estimate of drug-likeness (QED) is 0.166. The van der Waals surface area contributed by atoms with Gasteiger partial charge in [0.15, 0.2) is 0 Å². The van der Waals surface area contributed by atoms with Gasteiger partial charge in [-0.2, -0.15) is 4.31 Å². The van der Waals surface area contributed by atoms with E-state index in [4.69, 9.17) is 14.2 Å². The van der Waals surface area contributed by atoms with Gasteiger partial charge in [0.2, 0.25) is 0 Å². The Morgan fingerprint density at radius 1 is 1.10 bits per heavy atom. The minimum absolute atomic E-state index is 0.0235. The van der Waals surface area contributed by atoms with Gasteiger partial charge in [0.25, 0.3) is 0 Å². The Morgan fingerprint density at radius 3 is 2.59 bits per heavy atom. The molecule has 2 aromatic heterocycles. The van der Waals surface area contributed by atoms with Crippen LogP contribution in [0.4, 0.5) is 4.79 Å². The highest BCUT2D eigenvalue weighted by atomic mass is 32.3. The maximum atomic E-state index is 13.5. The predicted octanol–water partition coefficient (Wildman–Crippen LogP) is 7.41. The van der Waals surface area contributed by atoms with Crippen molar-refractivity contribution < 1.29 is 32.9 Å². The van der Waals surface area contributed by atoms with Gasteiger partial charge in [-0.15, -0.1) is 15.9 Å². The molecular formula is C36H43N5O7S. The average Bonchev–Trinajstić information content (AvgIpc) is 3.61. The van der Waals surface area contributed by atoms with E-state index < -0.39 is 28.4 Å². The summed E-state index contributed by atoms with van der Waals surface area (Å²) in [4.78, 5) is 27.0. The lowest BCUT2D eigenvalue weighted by Gasteiger charge is -2.41. The lowest BCUT2D eigenvalue weighted by molar-refractivity contribution is -0.143. The number of hydrogen-bond donors (Lipinski definition) is 2. The van der Waals surface area contributed by atoms with Crippen LogP contribution in [0.15, 0.2) is 65.7 Å². The first-order valence-corrected chi connectivity index (χ1v) is 17.8. The molecule has 6 rings (SSSR count). The first kappa shape index (κ1) is 34.4. The van der Waals surface area contributed by atoms with Crippen LogP contribution in [0.5, 0.6) is 5.75 Å². The molecule has 2 N–H and O–H groups in total. The summed E-state index contributed by atoms with van der Waals surface area (Å²) < 4.78 is 45.6. The summed E-state index contributed by atoms with van der Waals surface area (Å²) in [5.41, 5.74) is 4.59. The zero-order valence-electron chi connectivity index (χ0n) is 28.8. The molecule has 0 bridgehead atoms. The number of aryl methyl sites for hydroxylation is 2. The second-order valence-corrected chi connectivity index (χ2v) is 15.4. The highest BCUT2D eigenvalue weighted by Crippen LogP contribution is 2.57. The summed E-state index contributed by atoms with van der Waals surface area (Å²) in [6.07, 6.45) is 0.776. The minimum atomic E-state index is -3.47. The van der Waals surface area contributed by atoms with E-state index in [1.807, 2.05) is 51.2 Å². The Kier molecular flexibility index (Phi) is 9.22. The van der Waals surface area contributed by atoms with Crippen molar-refractivity contribution in [2.75, 3.05) is 13.2 Å². The molecule has 1 aliphatic rings. The number of fused-ring (bicyclic) bond motifs is 3. The molecule has 1 aliphatic heterocycles. The third-order valence-electron chi connectivity index (χ3n) is 8.68. The number of para-hydroxylation sites is 1. The second-order valence-electron chi connectivity index (χ2n) is 13.4. The minimum Gasteiger partial charge on any atom is -0.487 e. The van der Waals surface area contributed by atoms with E-state index in [1.165, 1.54) is 4.57 Å². The molecule has 0 aliphatic carbocycles. The van der Waals surface area contributed by atoms with Crippen molar-refractivity contribution in [1.82, 2.24) is 23.9 Å². The number of nitrogens with zero attached hydrogens (tertiary/aromatic N) is 5. The van der Waals surface area contributed by atoms with E-state index in [-0.39, 0.29) is 38.2 Å². The lowest BCUT2D eigenvalue weighted by atomic mass is 9.84. The molecule has 2 atom stereocenters. The predicted molar refractivity (Wildman–Crippen MR) is 188 cm³/mol. The normalized spacial score (nSPS) is 17.6. The summed E-state index contributed by atoms with van der Waals surface area (Å²) >= 11 is 0. The molecule has 3 heterocycles. The fraction of sp³-hybridized carbons (Fsp3) is 0.389. The van der Waals surface area contributed by atoms with Gasteiger partial charge in [-0.25, -0.2) is 9.48 Å². The summed E-state index contributed by atoms with van der Waals surface area (Å²) in [5.74, 6) is -0.445. The number of carbonyl (C=O) groups is 2. The molecule has 0 radical (unpaired) electrons. The fourth-order valence-electron chi connectivity index (χ4n) is 6.47. The molecule has 0 saturated carbocycles. The molecule has 0 amide bonds. The van der Waals surface area contributed by atoms with Crippen molar-refractivity contribution in [3.8, 4) is 5.75 Å². The third-order valence-corrected chi connectivity index (χ3v) is 10.6. The molecule has 0 spiro atoms. The van der Waals surface area contributed by atoms with E-state index in [0.29, 0.717) is 16.2 Å². The lowest BCUT2D eigenvalue weighted by Crippen LogP contribution is -2.33. The van der Waals surface area contributed by atoms with Crippen molar-refractivity contribution in [2.45, 2.75) is 77.0 Å². The molecule has 1 unspecified atom stereocenters. The molecule has 49 heavy (non-hydrogen) atoms. The Hall–Kier alpha value is -4.43. The maximum Gasteiger partial charge on any atom is 0.418 e. The van der Waals surface area contributed by atoms with E-state index in [9.17, 15) is 18.7 Å². The number of carbonyl (C=O) groups excluding carboxylic acids is 2. The summed E-state index contributed by atoms with van der Waals surface area (Å²) in [6, 6.07) is 16.6. The van der Waals surface area contributed by atoms with Gasteiger partial charge in [-0.05, 0) is 94.1 Å². The molecule has 260 valence electrons. The van der Waals surface area contributed by atoms with Crippen LogP contribution in [-0.2, 0) is 27.9 Å². The third kappa shape index (κ3) is 6.76. The highest BCUT2D eigenvalue weighted by molar-refractivity contribution is 8.22. The highest BCUT2D eigenvalue weighted by Gasteiger charge is 2.35. The van der Waals surface area contributed by atoms with Crippen LogP contribution in [0.2, 0.25) is 0 Å². The Bertz CT molecular complexity index is 2050. The van der Waals surface area contributed by atoms with Gasteiger partial charge in [0.1, 0.15) is 27.9 Å². The number of rotatable bonds is 7. The summed E-state index contributed by atoms with van der Waals surface area (Å²) in [6.45, 7) is 11.6. The Labute approximate surface area is 287 Å². The zero-order chi connectivity index (χ0) is 35.2. The molecule has 0 saturated heterocycles. The molecular weight excluding hydrogens is 646 g/mol. The molecule has 5 aromatic rings. The van der Waals surface area contributed by atoms with Gasteiger partial charge in [0, 0.05) is 31.1 Å². The van der Waals surface area contributed by atoms with Crippen molar-refractivity contribution in [3.05, 3.63) is 83.0 Å². The van der Waals surface area contributed by atoms with Crippen molar-refractivity contribution >= 4 is 44.8 Å². The van der Waals surface area contributed by atoms with Crippen LogP contribution in [0.25, 0.3) is 21.9 Å². The van der Waals surface area contributed by atoms with Crippen LogP contribution >= 0.6 is 10.8 Å². The topological polar surface area (TPSA) is 141 Å². The van der Waals surface area contributed by atoms with Crippen LogP contribution in [0.1, 0.15) is 69.2 Å². The first-order valence-electron chi connectivity index (χ1n) is 16.3. The largest absolute Gasteiger partial charge is 0.487 e. The van der Waals surface area contributed by atoms with Gasteiger partial charge in [-0.1, -0.05) is 29.5 Å². The number of hydrogen-bond acceptors (Lipinski definition) is 10. The number of esters is 1. The van der Waals surface area contributed by atoms with E-state index >= 15 is 0 Å². The van der Waals surface area contributed by atoms with Crippen molar-refractivity contribution in [3.63, 3.8) is 0 Å². The Morgan fingerprint density at radius 2 is 1.86 bits per heavy atom. The van der Waals surface area contributed by atoms with E-state index in [0.717, 1.165) is 38.7 Å². The second kappa shape index (κ2) is 13.1. The molecule has 3 aromatic carbocycles. The van der Waals surface area contributed by atoms with Crippen molar-refractivity contribution in [2.24, 2.45) is 7.05 Å². The van der Waals surface area contributed by atoms with Gasteiger partial charge >= 0.3 is 12.1 Å². The zero-order valence-corrected chi connectivity index (χ0v) is 29.7. The average molecular weight is 690 g/mol. The summed E-state index contributed by atoms with van der Waals surface area (Å²) in [7, 11) is -1.65. The van der Waals surface area contributed by atoms with Crippen LogP contribution in [-0.4, -0.2) is 69.9 Å². The Balaban J connectivity index is 1.55. The van der Waals surface area contributed by atoms with Gasteiger partial charge < -0.3 is 14.2 Å². The van der Waals surface area contributed by atoms with Gasteiger partial charge in [0.05, 0.1) is 30.6 Å². The number of benzene rings is 3. The van der Waals surface area contributed by atoms with Crippen molar-refractivity contribution in [1.29, 1.82) is 0 Å². The smallest absolute Gasteiger partial charge is 0.418 e. The molecule has 13 heteroatoms. The first-order chi connectivity index (χ1) is 23.2. The SMILES string of the molecule is CCOC(=O)CC(c1cc(CN2C[C@@H](C)Oc3ccccc3S2(O)O)c2ccn(C(=O)OC(C)(C)C)c2c1)c1ccc2c(nnn2C)c1C. The fourth-order valence-corrected chi connectivity index (χ4v) is 8.13. The maximum absolute atomic E-state index is 13.5. The summed E-state index contributed by atoms with van der Waals surface area (Å²) in [5, 5.41) is 9.31. The molecule has 12 nitrogen and oxygen atoms in total. The van der Waals surface area contributed by atoms with Gasteiger partial charge in [-0.3, -0.25) is 18.5 Å². The standard InChI is InChI=1S/C36H43N5O7S/c1-8-46-33(42)19-28(26-13-14-29-34(23(26)3)37-38-39(29)7)24-17-25(27-15-16-41(30(27)18-24)35(43)48-36(4,5)6)21-40-20-22(2)47-31-11-9-10-12-32(31)49(40,44)45/h9-18,22,28,44-45H,8,19-21H2,1-7H3/t22-,28?/m1/s1. The number of ether oxygens (including phenoxy) is 3. The van der Waals surface area contributed by atoms with Crippen LogP contribution in [0.3, 0.4) is 0 Å². The monoisotopic (exact) mass is 689 g/mol. The molecule has 0 fully saturated rings. The number of aromatic nitrogens is 4. The van der Waals surface area contributed by atoms with E-state index in [2.05, 4.69) is 10.3 Å². The van der Waals surface area contributed by atoms with E-state index in [1.54, 1.807) is 67.1 Å². The van der Waals surface area contributed by atoms with Crippen LogP contribution in [0, 0.1) is 6.92 Å². The van der Waals surface area contributed by atoms with Crippen LogP contribution < -0.4 is 4.74 Å².